The summed E-state index contributed by atoms with van der Waals surface area (Å²) in [5.41, 5.74) is 6.73. The maximum absolute atomic E-state index is 9.53. The van der Waals surface area contributed by atoms with Crippen molar-refractivity contribution in [2.45, 2.75) is 39.5 Å². The van der Waals surface area contributed by atoms with Crippen LogP contribution in [0.5, 0.6) is 0 Å². The van der Waals surface area contributed by atoms with Crippen LogP contribution in [0.2, 0.25) is 0 Å². The molecule has 0 fully saturated rings. The summed E-state index contributed by atoms with van der Waals surface area (Å²) in [5.74, 6) is 1.41. The zero-order chi connectivity index (χ0) is 22.0. The van der Waals surface area contributed by atoms with Crippen molar-refractivity contribution in [2.24, 2.45) is 0 Å². The summed E-state index contributed by atoms with van der Waals surface area (Å²) in [7, 11) is 0. The van der Waals surface area contributed by atoms with Crippen LogP contribution in [0.25, 0.3) is 28.2 Å². The van der Waals surface area contributed by atoms with Gasteiger partial charge in [0.05, 0.1) is 5.69 Å². The van der Waals surface area contributed by atoms with E-state index in [4.69, 9.17) is 0 Å². The highest BCUT2D eigenvalue weighted by Gasteiger charge is 2.23. The number of hydrogen-bond acceptors (Lipinski definition) is 3. The van der Waals surface area contributed by atoms with Gasteiger partial charge in [0.15, 0.2) is 5.82 Å². The van der Waals surface area contributed by atoms with Crippen molar-refractivity contribution in [3.05, 3.63) is 89.7 Å². The molecule has 0 saturated carbocycles. The number of nitrogens with zero attached hydrogens (tertiary/aromatic N) is 4. The lowest BCUT2D eigenvalue weighted by atomic mass is 9.88. The molecule has 0 atom stereocenters. The number of benzene rings is 3. The zero-order valence-electron chi connectivity index (χ0n) is 18.4. The van der Waals surface area contributed by atoms with Crippen molar-refractivity contribution in [3.8, 4) is 34.3 Å². The molecule has 0 amide bonds. The van der Waals surface area contributed by atoms with Crippen molar-refractivity contribution < 1.29 is 0 Å². The molecule has 0 aliphatic heterocycles. The average molecular weight is 407 g/mol. The molecule has 1 aromatic heterocycles. The normalized spacial score (nSPS) is 11.1. The van der Waals surface area contributed by atoms with Crippen molar-refractivity contribution in [1.29, 1.82) is 5.26 Å². The molecule has 0 N–H and O–H groups in total. The van der Waals surface area contributed by atoms with E-state index in [-0.39, 0.29) is 17.7 Å². The quantitative estimate of drug-likeness (QED) is 0.370. The number of rotatable bonds is 5. The van der Waals surface area contributed by atoms with E-state index >= 15 is 0 Å². The second-order valence-corrected chi connectivity index (χ2v) is 8.33. The van der Waals surface area contributed by atoms with Gasteiger partial charge in [-0.1, -0.05) is 88.4 Å². The molecule has 4 nitrogen and oxygen atoms in total. The minimum Gasteiger partial charge on any atom is -0.211 e. The fourth-order valence-corrected chi connectivity index (χ4v) is 3.89. The Balaban J connectivity index is 2.04. The van der Waals surface area contributed by atoms with E-state index in [0.717, 1.165) is 11.3 Å². The SMILES string of the molecule is CC(C)c1cc(-c2ccccc2)cc(C(C)C)c1-n1nc(C#N)nc1-c1ccccc1. The summed E-state index contributed by atoms with van der Waals surface area (Å²) in [6.45, 7) is 8.79. The highest BCUT2D eigenvalue weighted by molar-refractivity contribution is 5.71. The Morgan fingerprint density at radius 3 is 1.74 bits per heavy atom. The first-order valence-corrected chi connectivity index (χ1v) is 10.7. The van der Waals surface area contributed by atoms with Crippen LogP contribution in [-0.2, 0) is 0 Å². The van der Waals surface area contributed by atoms with E-state index in [2.05, 4.69) is 80.2 Å². The summed E-state index contributed by atoms with van der Waals surface area (Å²) in [4.78, 5) is 4.55. The first-order chi connectivity index (χ1) is 15.0. The van der Waals surface area contributed by atoms with Crippen LogP contribution in [-0.4, -0.2) is 14.8 Å². The summed E-state index contributed by atoms with van der Waals surface area (Å²) in [6.07, 6.45) is 0. The van der Waals surface area contributed by atoms with Gasteiger partial charge < -0.3 is 0 Å². The molecular formula is C27H26N4. The Bertz CT molecular complexity index is 1200. The molecule has 0 aliphatic rings. The maximum Gasteiger partial charge on any atom is 0.253 e. The minimum absolute atomic E-state index is 0.176. The summed E-state index contributed by atoms with van der Waals surface area (Å²) < 4.78 is 1.87. The topological polar surface area (TPSA) is 54.5 Å². The first kappa shape index (κ1) is 20.6. The molecule has 0 unspecified atom stereocenters. The third-order valence-electron chi connectivity index (χ3n) is 5.47. The Hall–Kier alpha value is -3.71. The Morgan fingerprint density at radius 2 is 1.26 bits per heavy atom. The van der Waals surface area contributed by atoms with E-state index in [9.17, 15) is 5.26 Å². The average Bonchev–Trinajstić information content (AvgIpc) is 3.23. The van der Waals surface area contributed by atoms with Crippen LogP contribution in [0.1, 0.15) is 56.5 Å². The predicted octanol–water partition coefficient (Wildman–Crippen LogP) is 6.72. The van der Waals surface area contributed by atoms with E-state index in [1.807, 2.05) is 41.1 Å². The van der Waals surface area contributed by atoms with Crippen LogP contribution in [0.15, 0.2) is 72.8 Å². The fraction of sp³-hybridized carbons (Fsp3) is 0.222. The highest BCUT2D eigenvalue weighted by atomic mass is 15.4. The van der Waals surface area contributed by atoms with E-state index in [1.165, 1.54) is 22.3 Å². The third-order valence-corrected chi connectivity index (χ3v) is 5.47. The molecule has 154 valence electrons. The van der Waals surface area contributed by atoms with Crippen LogP contribution < -0.4 is 0 Å². The second kappa shape index (κ2) is 8.57. The van der Waals surface area contributed by atoms with Crippen molar-refractivity contribution >= 4 is 0 Å². The molecule has 0 spiro atoms. The van der Waals surface area contributed by atoms with Gasteiger partial charge in [-0.05, 0) is 46.2 Å². The molecule has 0 aliphatic carbocycles. The molecule has 31 heavy (non-hydrogen) atoms. The summed E-state index contributed by atoms with van der Waals surface area (Å²) in [6, 6.07) is 27.0. The van der Waals surface area contributed by atoms with Crippen LogP contribution in [0, 0.1) is 11.3 Å². The Morgan fingerprint density at radius 1 is 0.742 bits per heavy atom. The van der Waals surface area contributed by atoms with Crippen molar-refractivity contribution in [3.63, 3.8) is 0 Å². The molecule has 0 bridgehead atoms. The lowest BCUT2D eigenvalue weighted by molar-refractivity contribution is 0.772. The van der Waals surface area contributed by atoms with Crippen molar-refractivity contribution in [1.82, 2.24) is 14.8 Å². The maximum atomic E-state index is 9.53. The molecular weight excluding hydrogens is 380 g/mol. The zero-order valence-corrected chi connectivity index (χ0v) is 18.4. The van der Waals surface area contributed by atoms with E-state index < -0.39 is 0 Å². The lowest BCUT2D eigenvalue weighted by Crippen LogP contribution is -2.10. The minimum atomic E-state index is 0.176. The summed E-state index contributed by atoms with van der Waals surface area (Å²) in [5, 5.41) is 14.1. The van der Waals surface area contributed by atoms with Crippen LogP contribution in [0.4, 0.5) is 0 Å². The molecule has 0 radical (unpaired) electrons. The predicted molar refractivity (Wildman–Crippen MR) is 125 cm³/mol. The van der Waals surface area contributed by atoms with Gasteiger partial charge >= 0.3 is 0 Å². The van der Waals surface area contributed by atoms with E-state index in [0.29, 0.717) is 5.82 Å². The van der Waals surface area contributed by atoms with Gasteiger partial charge in [-0.2, -0.15) is 10.2 Å². The number of aromatic nitrogens is 3. The van der Waals surface area contributed by atoms with Crippen molar-refractivity contribution in [2.75, 3.05) is 0 Å². The van der Waals surface area contributed by atoms with Gasteiger partial charge in [-0.25, -0.2) is 4.68 Å². The van der Waals surface area contributed by atoms with Gasteiger partial charge in [0.2, 0.25) is 0 Å². The molecule has 4 rings (SSSR count). The summed E-state index contributed by atoms with van der Waals surface area (Å²) >= 11 is 0. The lowest BCUT2D eigenvalue weighted by Gasteiger charge is -2.22. The molecule has 4 aromatic rings. The van der Waals surface area contributed by atoms with Gasteiger partial charge in [-0.15, -0.1) is 5.10 Å². The van der Waals surface area contributed by atoms with Gasteiger partial charge in [0.25, 0.3) is 5.82 Å². The molecule has 4 heteroatoms. The van der Waals surface area contributed by atoms with Crippen LogP contribution in [0.3, 0.4) is 0 Å². The first-order valence-electron chi connectivity index (χ1n) is 10.7. The standard InChI is InChI=1S/C27H26N4/c1-18(2)23-15-22(20-11-7-5-8-12-20)16-24(19(3)4)26(23)31-27(29-25(17-28)30-31)21-13-9-6-10-14-21/h5-16,18-19H,1-4H3. The van der Waals surface area contributed by atoms with Gasteiger partial charge in [-0.3, -0.25) is 0 Å². The second-order valence-electron chi connectivity index (χ2n) is 8.33. The Labute approximate surface area is 183 Å². The number of nitriles is 1. The number of hydrogen-bond donors (Lipinski definition) is 0. The molecule has 1 heterocycles. The van der Waals surface area contributed by atoms with Crippen LogP contribution >= 0.6 is 0 Å². The fourth-order valence-electron chi connectivity index (χ4n) is 3.89. The van der Waals surface area contributed by atoms with Gasteiger partial charge in [0.1, 0.15) is 6.07 Å². The van der Waals surface area contributed by atoms with E-state index in [1.54, 1.807) is 0 Å². The molecule has 0 saturated heterocycles. The Kier molecular flexibility index (Phi) is 5.68. The van der Waals surface area contributed by atoms with Gasteiger partial charge in [0, 0.05) is 5.56 Å². The third kappa shape index (κ3) is 4.00. The largest absolute Gasteiger partial charge is 0.253 e. The smallest absolute Gasteiger partial charge is 0.211 e. The molecule has 3 aromatic carbocycles. The highest BCUT2D eigenvalue weighted by Crippen LogP contribution is 2.37. The monoisotopic (exact) mass is 406 g/mol.